The van der Waals surface area contributed by atoms with Gasteiger partial charge in [0.15, 0.2) is 0 Å². The third-order valence-electron chi connectivity index (χ3n) is 3.84. The Morgan fingerprint density at radius 3 is 2.89 bits per heavy atom. The Morgan fingerprint density at radius 1 is 1.47 bits per heavy atom. The highest BCUT2D eigenvalue weighted by Crippen LogP contribution is 2.20. The zero-order valence-corrected chi connectivity index (χ0v) is 12.2. The number of hydrogen-bond acceptors (Lipinski definition) is 4. The van der Waals surface area contributed by atoms with Gasteiger partial charge in [-0.15, -0.1) is 0 Å². The van der Waals surface area contributed by atoms with Crippen LogP contribution in [0.3, 0.4) is 0 Å². The zero-order chi connectivity index (χ0) is 13.7. The number of aromatic nitrogens is 1. The van der Waals surface area contributed by atoms with Gasteiger partial charge < -0.3 is 15.0 Å². The molecule has 2 heterocycles. The van der Waals surface area contributed by atoms with Gasteiger partial charge in [0.2, 0.25) is 0 Å². The molecule has 0 amide bonds. The molecule has 1 aliphatic rings. The van der Waals surface area contributed by atoms with Crippen molar-refractivity contribution in [2.75, 3.05) is 31.6 Å². The Morgan fingerprint density at radius 2 is 2.32 bits per heavy atom. The van der Waals surface area contributed by atoms with E-state index in [-0.39, 0.29) is 0 Å². The molecule has 1 saturated heterocycles. The lowest BCUT2D eigenvalue weighted by molar-refractivity contribution is 0.0384. The fraction of sp³-hybridized carbons (Fsp3) is 0.667. The average Bonchev–Trinajstić information content (AvgIpc) is 2.49. The minimum Gasteiger partial charge on any atom is -0.375 e. The summed E-state index contributed by atoms with van der Waals surface area (Å²) < 4.78 is 5.70. The van der Waals surface area contributed by atoms with Crippen molar-refractivity contribution in [2.24, 2.45) is 0 Å². The van der Waals surface area contributed by atoms with Gasteiger partial charge in [-0.05, 0) is 32.0 Å². The lowest BCUT2D eigenvalue weighted by atomic mass is 10.1. The van der Waals surface area contributed by atoms with E-state index in [0.717, 1.165) is 38.2 Å². The van der Waals surface area contributed by atoms with Gasteiger partial charge in [-0.2, -0.15) is 0 Å². The van der Waals surface area contributed by atoms with E-state index in [9.17, 15) is 0 Å². The summed E-state index contributed by atoms with van der Waals surface area (Å²) in [6, 6.07) is 4.67. The van der Waals surface area contributed by atoms with Gasteiger partial charge in [0.25, 0.3) is 0 Å². The first-order chi connectivity index (χ1) is 9.28. The first-order valence-corrected chi connectivity index (χ1v) is 7.28. The van der Waals surface area contributed by atoms with Crippen LogP contribution in [0.2, 0.25) is 0 Å². The van der Waals surface area contributed by atoms with Crippen molar-refractivity contribution < 1.29 is 4.74 Å². The number of ether oxygens (including phenoxy) is 1. The normalized spacial score (nSPS) is 21.4. The smallest absolute Gasteiger partial charge is 0.0748 e. The van der Waals surface area contributed by atoms with Crippen molar-refractivity contribution in [1.29, 1.82) is 0 Å². The van der Waals surface area contributed by atoms with E-state index in [2.05, 4.69) is 41.2 Å². The Balaban J connectivity index is 2.05. The predicted octanol–water partition coefficient (Wildman–Crippen LogP) is 2.37. The molecule has 2 rings (SSSR count). The molecule has 4 nitrogen and oxygen atoms in total. The van der Waals surface area contributed by atoms with Crippen LogP contribution >= 0.6 is 0 Å². The molecule has 1 aromatic heterocycles. The second-order valence-electron chi connectivity index (χ2n) is 5.04. The minimum absolute atomic E-state index is 0.349. The standard InChI is InChI=1S/C15H25N3O/c1-4-13-11-18(8-9-19-13)12-6-7-15(17-10-12)14(5-2)16-3/h6-7,10,13-14,16H,4-5,8-9,11H2,1-3H3. The monoisotopic (exact) mass is 263 g/mol. The lowest BCUT2D eigenvalue weighted by Gasteiger charge is -2.34. The predicted molar refractivity (Wildman–Crippen MR) is 78.6 cm³/mol. The molecule has 0 bridgehead atoms. The first kappa shape index (κ1) is 14.3. The van der Waals surface area contributed by atoms with Gasteiger partial charge in [0.05, 0.1) is 30.3 Å². The fourth-order valence-corrected chi connectivity index (χ4v) is 2.55. The highest BCUT2D eigenvalue weighted by Gasteiger charge is 2.19. The van der Waals surface area contributed by atoms with Gasteiger partial charge in [-0.1, -0.05) is 13.8 Å². The average molecular weight is 263 g/mol. The summed E-state index contributed by atoms with van der Waals surface area (Å²) in [5, 5.41) is 3.29. The van der Waals surface area contributed by atoms with E-state index < -0.39 is 0 Å². The van der Waals surface area contributed by atoms with Crippen molar-refractivity contribution >= 4 is 5.69 Å². The van der Waals surface area contributed by atoms with E-state index >= 15 is 0 Å². The number of morpholine rings is 1. The van der Waals surface area contributed by atoms with Crippen LogP contribution in [0.15, 0.2) is 18.3 Å². The zero-order valence-electron chi connectivity index (χ0n) is 12.2. The summed E-state index contributed by atoms with van der Waals surface area (Å²) in [5.74, 6) is 0. The molecule has 19 heavy (non-hydrogen) atoms. The van der Waals surface area contributed by atoms with Gasteiger partial charge in [0.1, 0.15) is 0 Å². The molecule has 0 radical (unpaired) electrons. The number of nitrogens with zero attached hydrogens (tertiary/aromatic N) is 2. The highest BCUT2D eigenvalue weighted by atomic mass is 16.5. The first-order valence-electron chi connectivity index (χ1n) is 7.28. The fourth-order valence-electron chi connectivity index (χ4n) is 2.55. The molecule has 1 aliphatic heterocycles. The lowest BCUT2D eigenvalue weighted by Crippen LogP contribution is -2.42. The Hall–Kier alpha value is -1.13. The van der Waals surface area contributed by atoms with E-state index in [0.29, 0.717) is 12.1 Å². The van der Waals surface area contributed by atoms with Crippen molar-refractivity contribution in [2.45, 2.75) is 38.8 Å². The van der Waals surface area contributed by atoms with Crippen molar-refractivity contribution in [3.8, 4) is 0 Å². The molecule has 0 spiro atoms. The van der Waals surface area contributed by atoms with Gasteiger partial charge in [-0.25, -0.2) is 0 Å². The second kappa shape index (κ2) is 6.87. The third kappa shape index (κ3) is 3.45. The van der Waals surface area contributed by atoms with Crippen LogP contribution in [-0.2, 0) is 4.74 Å². The summed E-state index contributed by atoms with van der Waals surface area (Å²) in [6.07, 6.45) is 4.47. The Labute approximate surface area is 116 Å². The topological polar surface area (TPSA) is 37.4 Å². The van der Waals surface area contributed by atoms with Crippen LogP contribution in [0, 0.1) is 0 Å². The molecule has 0 aliphatic carbocycles. The number of pyridine rings is 1. The number of rotatable bonds is 5. The van der Waals surface area contributed by atoms with Gasteiger partial charge in [0, 0.05) is 19.1 Å². The number of nitrogens with one attached hydrogen (secondary N) is 1. The Bertz CT molecular complexity index is 375. The minimum atomic E-state index is 0.349. The van der Waals surface area contributed by atoms with Crippen LogP contribution in [0.4, 0.5) is 5.69 Å². The molecule has 0 saturated carbocycles. The van der Waals surface area contributed by atoms with Crippen molar-refractivity contribution in [3.63, 3.8) is 0 Å². The van der Waals surface area contributed by atoms with Crippen LogP contribution < -0.4 is 10.2 Å². The van der Waals surface area contributed by atoms with E-state index in [1.807, 2.05) is 13.2 Å². The molecule has 4 heteroatoms. The third-order valence-corrected chi connectivity index (χ3v) is 3.84. The van der Waals surface area contributed by atoms with Crippen molar-refractivity contribution in [1.82, 2.24) is 10.3 Å². The largest absolute Gasteiger partial charge is 0.375 e. The van der Waals surface area contributed by atoms with Crippen LogP contribution in [0.25, 0.3) is 0 Å². The highest BCUT2D eigenvalue weighted by molar-refractivity contribution is 5.45. The maximum atomic E-state index is 5.70. The number of anilines is 1. The number of hydrogen-bond donors (Lipinski definition) is 1. The molecule has 2 unspecified atom stereocenters. The van der Waals surface area contributed by atoms with Crippen LogP contribution in [0.1, 0.15) is 38.4 Å². The summed E-state index contributed by atoms with van der Waals surface area (Å²) in [6.45, 7) is 7.09. The molecule has 0 aromatic carbocycles. The quantitative estimate of drug-likeness (QED) is 0.885. The van der Waals surface area contributed by atoms with Gasteiger partial charge in [-0.3, -0.25) is 4.98 Å². The van der Waals surface area contributed by atoms with Crippen molar-refractivity contribution in [3.05, 3.63) is 24.0 Å². The molecule has 106 valence electrons. The van der Waals surface area contributed by atoms with E-state index in [1.165, 1.54) is 5.69 Å². The molecular weight excluding hydrogens is 238 g/mol. The molecule has 2 atom stereocenters. The summed E-state index contributed by atoms with van der Waals surface area (Å²) in [7, 11) is 1.98. The maximum Gasteiger partial charge on any atom is 0.0748 e. The Kier molecular flexibility index (Phi) is 5.16. The van der Waals surface area contributed by atoms with E-state index in [1.54, 1.807) is 0 Å². The summed E-state index contributed by atoms with van der Waals surface area (Å²) >= 11 is 0. The van der Waals surface area contributed by atoms with Crippen LogP contribution in [-0.4, -0.2) is 37.8 Å². The summed E-state index contributed by atoms with van der Waals surface area (Å²) in [5.41, 5.74) is 2.32. The molecule has 1 aromatic rings. The SMILES string of the molecule is CCC1CN(c2ccc(C(CC)NC)nc2)CCO1. The molecule has 1 fully saturated rings. The van der Waals surface area contributed by atoms with E-state index in [4.69, 9.17) is 4.74 Å². The summed E-state index contributed by atoms with van der Waals surface area (Å²) in [4.78, 5) is 6.97. The second-order valence-corrected chi connectivity index (χ2v) is 5.04. The maximum absolute atomic E-state index is 5.70. The molecular formula is C15H25N3O. The van der Waals surface area contributed by atoms with Gasteiger partial charge >= 0.3 is 0 Å². The molecule has 1 N–H and O–H groups in total. The van der Waals surface area contributed by atoms with Crippen LogP contribution in [0.5, 0.6) is 0 Å².